The van der Waals surface area contributed by atoms with Gasteiger partial charge >= 0.3 is 5.97 Å². The number of ether oxygens (including phenoxy) is 1. The van der Waals surface area contributed by atoms with E-state index in [9.17, 15) is 14.7 Å². The zero-order valence-corrected chi connectivity index (χ0v) is 15.3. The van der Waals surface area contributed by atoms with Crippen LogP contribution >= 0.6 is 12.4 Å². The first-order chi connectivity index (χ1) is 11.0. The standard InChI is InChI=1S/C17H26N2O4.ClH/c1-4-7-10-23-17(22)14-9-8-13(11-15(14)20)18-16(21)12-19(5-2)6-3;/h8-9,11,20H,4-7,10,12H2,1-3H3,(H,18,21);1H. The number of phenols is 1. The second-order valence-electron chi connectivity index (χ2n) is 5.23. The first kappa shape index (κ1) is 22.2. The number of amides is 1. The molecule has 0 aromatic heterocycles. The van der Waals surface area contributed by atoms with Crippen LogP contribution in [-0.2, 0) is 9.53 Å². The number of rotatable bonds is 9. The number of phenolic OH excluding ortho intramolecular Hbond substituents is 1. The molecule has 136 valence electrons. The highest BCUT2D eigenvalue weighted by Crippen LogP contribution is 2.23. The van der Waals surface area contributed by atoms with Crippen LogP contribution in [0.4, 0.5) is 5.69 Å². The van der Waals surface area contributed by atoms with Gasteiger partial charge in [-0.25, -0.2) is 4.79 Å². The van der Waals surface area contributed by atoms with Crippen molar-refractivity contribution in [1.82, 2.24) is 4.90 Å². The van der Waals surface area contributed by atoms with Crippen LogP contribution in [0.15, 0.2) is 18.2 Å². The molecule has 0 atom stereocenters. The number of aromatic hydroxyl groups is 1. The van der Waals surface area contributed by atoms with Crippen LogP contribution in [0.1, 0.15) is 44.0 Å². The number of hydrogen-bond donors (Lipinski definition) is 2. The molecule has 0 aliphatic carbocycles. The van der Waals surface area contributed by atoms with E-state index in [1.807, 2.05) is 25.7 Å². The molecule has 0 heterocycles. The summed E-state index contributed by atoms with van der Waals surface area (Å²) in [6, 6.07) is 4.39. The van der Waals surface area contributed by atoms with E-state index in [4.69, 9.17) is 4.74 Å². The number of halogens is 1. The molecule has 1 amide bonds. The maximum Gasteiger partial charge on any atom is 0.341 e. The lowest BCUT2D eigenvalue weighted by Crippen LogP contribution is -2.32. The molecule has 6 nitrogen and oxygen atoms in total. The van der Waals surface area contributed by atoms with Gasteiger partial charge in [0, 0.05) is 11.8 Å². The van der Waals surface area contributed by atoms with Gasteiger partial charge in [-0.1, -0.05) is 27.2 Å². The van der Waals surface area contributed by atoms with Gasteiger partial charge in [0.05, 0.1) is 13.2 Å². The SMILES string of the molecule is CCCCOC(=O)c1ccc(NC(=O)CN(CC)CC)cc1O.Cl. The number of esters is 1. The van der Waals surface area contributed by atoms with E-state index in [0.29, 0.717) is 12.3 Å². The monoisotopic (exact) mass is 358 g/mol. The minimum absolute atomic E-state index is 0. The largest absolute Gasteiger partial charge is 0.507 e. The molecule has 2 N–H and O–H groups in total. The number of carbonyl (C=O) groups is 2. The number of benzene rings is 1. The van der Waals surface area contributed by atoms with Crippen molar-refractivity contribution in [3.05, 3.63) is 23.8 Å². The van der Waals surface area contributed by atoms with Crippen LogP contribution in [0.25, 0.3) is 0 Å². The fourth-order valence-corrected chi connectivity index (χ4v) is 2.02. The van der Waals surface area contributed by atoms with E-state index in [1.54, 1.807) is 6.07 Å². The highest BCUT2D eigenvalue weighted by Gasteiger charge is 2.14. The first-order valence-corrected chi connectivity index (χ1v) is 8.04. The van der Waals surface area contributed by atoms with E-state index >= 15 is 0 Å². The van der Waals surface area contributed by atoms with E-state index in [-0.39, 0.29) is 36.2 Å². The second kappa shape index (κ2) is 11.7. The van der Waals surface area contributed by atoms with Crippen LogP contribution in [0, 0.1) is 0 Å². The van der Waals surface area contributed by atoms with Gasteiger partial charge in [-0.2, -0.15) is 0 Å². The van der Waals surface area contributed by atoms with Gasteiger partial charge in [0.25, 0.3) is 0 Å². The smallest absolute Gasteiger partial charge is 0.341 e. The number of nitrogens with zero attached hydrogens (tertiary/aromatic N) is 1. The van der Waals surface area contributed by atoms with Crippen LogP contribution in [-0.4, -0.2) is 48.1 Å². The summed E-state index contributed by atoms with van der Waals surface area (Å²) in [5, 5.41) is 12.7. The minimum Gasteiger partial charge on any atom is -0.507 e. The summed E-state index contributed by atoms with van der Waals surface area (Å²) in [4.78, 5) is 25.7. The Kier molecular flexibility index (Phi) is 10.8. The second-order valence-corrected chi connectivity index (χ2v) is 5.23. The molecule has 0 aliphatic heterocycles. The third-order valence-electron chi connectivity index (χ3n) is 3.49. The zero-order valence-electron chi connectivity index (χ0n) is 14.5. The van der Waals surface area contributed by atoms with E-state index in [2.05, 4.69) is 5.32 Å². The Balaban J connectivity index is 0.00000529. The predicted octanol–water partition coefficient (Wildman–Crippen LogP) is 3.05. The first-order valence-electron chi connectivity index (χ1n) is 8.04. The summed E-state index contributed by atoms with van der Waals surface area (Å²) in [7, 11) is 0. The molecule has 0 radical (unpaired) electrons. The van der Waals surface area contributed by atoms with Crippen molar-refractivity contribution in [2.45, 2.75) is 33.6 Å². The molecular formula is C17H27ClN2O4. The highest BCUT2D eigenvalue weighted by atomic mass is 35.5. The molecule has 0 bridgehead atoms. The lowest BCUT2D eigenvalue weighted by Gasteiger charge is -2.17. The Bertz CT molecular complexity index is 533. The molecule has 0 saturated carbocycles. The van der Waals surface area contributed by atoms with E-state index < -0.39 is 5.97 Å². The van der Waals surface area contributed by atoms with Crippen molar-refractivity contribution in [2.24, 2.45) is 0 Å². The fraction of sp³-hybridized carbons (Fsp3) is 0.529. The number of carbonyl (C=O) groups excluding carboxylic acids is 2. The topological polar surface area (TPSA) is 78.9 Å². The summed E-state index contributed by atoms with van der Waals surface area (Å²) in [5.74, 6) is -0.921. The average molecular weight is 359 g/mol. The van der Waals surface area contributed by atoms with Gasteiger partial charge in [0.15, 0.2) is 0 Å². The van der Waals surface area contributed by atoms with Gasteiger partial charge in [-0.15, -0.1) is 12.4 Å². The number of hydrogen-bond acceptors (Lipinski definition) is 5. The Hall–Kier alpha value is -1.79. The van der Waals surface area contributed by atoms with Crippen molar-refractivity contribution in [3.63, 3.8) is 0 Å². The number of nitrogens with one attached hydrogen (secondary N) is 1. The van der Waals surface area contributed by atoms with Gasteiger partial charge in [0.1, 0.15) is 11.3 Å². The van der Waals surface area contributed by atoms with Gasteiger partial charge in [-0.05, 0) is 31.6 Å². The number of likely N-dealkylation sites (N-methyl/N-ethyl adjacent to an activating group) is 1. The summed E-state index contributed by atoms with van der Waals surface area (Å²) < 4.78 is 5.06. The quantitative estimate of drug-likeness (QED) is 0.524. The molecule has 1 aromatic rings. The Morgan fingerprint density at radius 3 is 2.42 bits per heavy atom. The van der Waals surface area contributed by atoms with E-state index in [0.717, 1.165) is 25.9 Å². The Morgan fingerprint density at radius 1 is 1.21 bits per heavy atom. The van der Waals surface area contributed by atoms with Gasteiger partial charge < -0.3 is 15.2 Å². The van der Waals surface area contributed by atoms with Crippen molar-refractivity contribution in [2.75, 3.05) is 31.6 Å². The summed E-state index contributed by atoms with van der Waals surface area (Å²) in [6.45, 7) is 8.17. The van der Waals surface area contributed by atoms with Crippen molar-refractivity contribution in [3.8, 4) is 5.75 Å². The Labute approximate surface area is 149 Å². The summed E-state index contributed by atoms with van der Waals surface area (Å²) in [6.07, 6.45) is 1.71. The molecule has 7 heteroatoms. The van der Waals surface area contributed by atoms with E-state index in [1.165, 1.54) is 12.1 Å². The zero-order chi connectivity index (χ0) is 17.2. The predicted molar refractivity (Wildman–Crippen MR) is 97.0 cm³/mol. The third kappa shape index (κ3) is 7.19. The molecule has 0 spiro atoms. The highest BCUT2D eigenvalue weighted by molar-refractivity contribution is 5.95. The molecular weight excluding hydrogens is 332 g/mol. The van der Waals surface area contributed by atoms with Crippen LogP contribution in [0.2, 0.25) is 0 Å². The van der Waals surface area contributed by atoms with Crippen molar-refractivity contribution >= 4 is 30.0 Å². The summed E-state index contributed by atoms with van der Waals surface area (Å²) >= 11 is 0. The fourth-order valence-electron chi connectivity index (χ4n) is 2.02. The molecule has 24 heavy (non-hydrogen) atoms. The molecule has 1 aromatic carbocycles. The van der Waals surface area contributed by atoms with Gasteiger partial charge in [-0.3, -0.25) is 9.69 Å². The molecule has 0 aliphatic rings. The summed E-state index contributed by atoms with van der Waals surface area (Å²) in [5.41, 5.74) is 0.549. The molecule has 0 fully saturated rings. The normalized spacial score (nSPS) is 10.2. The minimum atomic E-state index is -0.558. The lowest BCUT2D eigenvalue weighted by atomic mass is 10.2. The van der Waals surface area contributed by atoms with Crippen LogP contribution in [0.5, 0.6) is 5.75 Å². The van der Waals surface area contributed by atoms with Gasteiger partial charge in [0.2, 0.25) is 5.91 Å². The Morgan fingerprint density at radius 2 is 1.88 bits per heavy atom. The molecule has 0 saturated heterocycles. The average Bonchev–Trinajstić information content (AvgIpc) is 2.52. The maximum atomic E-state index is 11.9. The van der Waals surface area contributed by atoms with Crippen LogP contribution < -0.4 is 5.32 Å². The number of unbranched alkanes of at least 4 members (excludes halogenated alkanes) is 1. The third-order valence-corrected chi connectivity index (χ3v) is 3.49. The van der Waals surface area contributed by atoms with Crippen molar-refractivity contribution < 1.29 is 19.4 Å². The lowest BCUT2D eigenvalue weighted by molar-refractivity contribution is -0.117. The van der Waals surface area contributed by atoms with Crippen LogP contribution in [0.3, 0.4) is 0 Å². The maximum absolute atomic E-state index is 11.9. The molecule has 0 unspecified atom stereocenters. The number of anilines is 1. The van der Waals surface area contributed by atoms with Crippen molar-refractivity contribution in [1.29, 1.82) is 0 Å². The molecule has 1 rings (SSSR count).